The van der Waals surface area contributed by atoms with Gasteiger partial charge in [0.2, 0.25) is 4.77 Å². The number of aryl methyl sites for hydroxylation is 1. The number of aromatic nitrogens is 4. The first-order valence-electron chi connectivity index (χ1n) is 6.59. The van der Waals surface area contributed by atoms with Crippen LogP contribution < -0.4 is 0 Å². The van der Waals surface area contributed by atoms with Crippen molar-refractivity contribution in [3.05, 3.63) is 51.0 Å². The molecule has 0 aliphatic carbocycles. The summed E-state index contributed by atoms with van der Waals surface area (Å²) in [4.78, 5) is 4.54. The fourth-order valence-corrected chi connectivity index (χ4v) is 2.96. The van der Waals surface area contributed by atoms with Crippen molar-refractivity contribution >= 4 is 41.4 Å². The Morgan fingerprint density at radius 1 is 1.41 bits per heavy atom. The van der Waals surface area contributed by atoms with Crippen molar-refractivity contribution in [1.29, 1.82) is 0 Å². The molecule has 5 nitrogen and oxygen atoms in total. The summed E-state index contributed by atoms with van der Waals surface area (Å²) in [5, 5.41) is 14.8. The zero-order chi connectivity index (χ0) is 15.5. The van der Waals surface area contributed by atoms with Crippen molar-refractivity contribution < 1.29 is 0 Å². The van der Waals surface area contributed by atoms with Gasteiger partial charge >= 0.3 is 0 Å². The average Bonchev–Trinajstić information content (AvgIpc) is 3.12. The van der Waals surface area contributed by atoms with Crippen molar-refractivity contribution in [2.24, 2.45) is 5.10 Å². The summed E-state index contributed by atoms with van der Waals surface area (Å²) in [5.41, 5.74) is 1.81. The number of benzene rings is 1. The third kappa shape index (κ3) is 3.16. The first-order chi connectivity index (χ1) is 10.7. The van der Waals surface area contributed by atoms with Gasteiger partial charge in [-0.3, -0.25) is 5.10 Å². The second kappa shape index (κ2) is 6.51. The first-order valence-corrected chi connectivity index (χ1v) is 8.26. The largest absolute Gasteiger partial charge is 0.250 e. The van der Waals surface area contributed by atoms with Crippen LogP contribution in [0.4, 0.5) is 0 Å². The van der Waals surface area contributed by atoms with E-state index in [1.54, 1.807) is 22.2 Å². The molecular weight excluding hydrogens is 338 g/mol. The molecule has 22 heavy (non-hydrogen) atoms. The predicted octanol–water partition coefficient (Wildman–Crippen LogP) is 4.16. The molecule has 0 aliphatic rings. The standard InChI is InChI=1S/C14H12ClN5S2/c1-2-12-18-19-14(21)20(12)16-7-11-8-22-13(17-11)9-3-5-10(15)6-4-9/h3-8H,2H2,1H3,(H,19,21)/b16-7-. The molecule has 1 aromatic carbocycles. The van der Waals surface area contributed by atoms with Gasteiger partial charge in [-0.05, 0) is 24.4 Å². The van der Waals surface area contributed by atoms with E-state index in [1.807, 2.05) is 36.6 Å². The molecule has 1 N–H and O–H groups in total. The second-order valence-electron chi connectivity index (χ2n) is 4.44. The molecule has 0 atom stereocenters. The second-order valence-corrected chi connectivity index (χ2v) is 6.12. The van der Waals surface area contributed by atoms with E-state index in [0.29, 0.717) is 9.79 Å². The summed E-state index contributed by atoms with van der Waals surface area (Å²) in [6.07, 6.45) is 2.43. The fourth-order valence-electron chi connectivity index (χ4n) is 1.86. The van der Waals surface area contributed by atoms with E-state index in [4.69, 9.17) is 23.8 Å². The van der Waals surface area contributed by atoms with Gasteiger partial charge in [0.05, 0.1) is 11.9 Å². The number of nitrogens with zero attached hydrogens (tertiary/aromatic N) is 4. The van der Waals surface area contributed by atoms with E-state index < -0.39 is 0 Å². The number of nitrogens with one attached hydrogen (secondary N) is 1. The van der Waals surface area contributed by atoms with Crippen molar-refractivity contribution in [2.45, 2.75) is 13.3 Å². The highest BCUT2D eigenvalue weighted by Gasteiger charge is 2.05. The van der Waals surface area contributed by atoms with Crippen molar-refractivity contribution in [1.82, 2.24) is 19.9 Å². The first kappa shape index (κ1) is 15.1. The number of rotatable bonds is 4. The van der Waals surface area contributed by atoms with E-state index in [-0.39, 0.29) is 0 Å². The van der Waals surface area contributed by atoms with Crippen LogP contribution in [-0.4, -0.2) is 26.1 Å². The van der Waals surface area contributed by atoms with Crippen LogP contribution in [0.2, 0.25) is 5.02 Å². The molecule has 0 amide bonds. The normalized spacial score (nSPS) is 11.4. The highest BCUT2D eigenvalue weighted by atomic mass is 35.5. The average molecular weight is 350 g/mol. The van der Waals surface area contributed by atoms with Crippen LogP contribution in [0.3, 0.4) is 0 Å². The molecule has 0 saturated heterocycles. The van der Waals surface area contributed by atoms with Gasteiger partial charge in [-0.2, -0.15) is 14.9 Å². The van der Waals surface area contributed by atoms with E-state index in [2.05, 4.69) is 20.3 Å². The molecule has 112 valence electrons. The molecule has 0 saturated carbocycles. The van der Waals surface area contributed by atoms with Crippen LogP contribution in [0.1, 0.15) is 18.4 Å². The van der Waals surface area contributed by atoms with Gasteiger partial charge in [-0.1, -0.05) is 30.7 Å². The minimum Gasteiger partial charge on any atom is -0.250 e. The summed E-state index contributed by atoms with van der Waals surface area (Å²) >= 11 is 12.6. The molecule has 0 bridgehead atoms. The lowest BCUT2D eigenvalue weighted by Gasteiger charge is -1.96. The molecule has 2 heterocycles. The molecule has 0 aliphatic heterocycles. The van der Waals surface area contributed by atoms with Crippen LogP contribution in [0.15, 0.2) is 34.7 Å². The van der Waals surface area contributed by atoms with Crippen molar-refractivity contribution in [3.8, 4) is 10.6 Å². The number of halogens is 1. The Balaban J connectivity index is 1.85. The zero-order valence-electron chi connectivity index (χ0n) is 11.7. The number of H-pyrrole nitrogens is 1. The Morgan fingerprint density at radius 2 is 2.18 bits per heavy atom. The molecular formula is C14H12ClN5S2. The van der Waals surface area contributed by atoms with Crippen LogP contribution in [0.25, 0.3) is 10.6 Å². The zero-order valence-corrected chi connectivity index (χ0v) is 14.0. The summed E-state index contributed by atoms with van der Waals surface area (Å²) < 4.78 is 2.08. The quantitative estimate of drug-likeness (QED) is 0.568. The third-order valence-electron chi connectivity index (χ3n) is 2.95. The lowest BCUT2D eigenvalue weighted by Crippen LogP contribution is -1.97. The minimum absolute atomic E-state index is 0.473. The summed E-state index contributed by atoms with van der Waals surface area (Å²) in [6, 6.07) is 7.60. The van der Waals surface area contributed by atoms with E-state index in [0.717, 1.165) is 28.5 Å². The summed E-state index contributed by atoms with van der Waals surface area (Å²) in [7, 11) is 0. The van der Waals surface area contributed by atoms with Crippen LogP contribution in [0.5, 0.6) is 0 Å². The number of thiazole rings is 1. The molecule has 0 fully saturated rings. The van der Waals surface area contributed by atoms with Gasteiger partial charge in [0.15, 0.2) is 5.82 Å². The predicted molar refractivity (Wildman–Crippen MR) is 92.3 cm³/mol. The maximum absolute atomic E-state index is 5.89. The van der Waals surface area contributed by atoms with Gasteiger partial charge in [0.25, 0.3) is 0 Å². The van der Waals surface area contributed by atoms with E-state index in [9.17, 15) is 0 Å². The lowest BCUT2D eigenvalue weighted by atomic mass is 10.2. The van der Waals surface area contributed by atoms with E-state index >= 15 is 0 Å². The van der Waals surface area contributed by atoms with Crippen molar-refractivity contribution in [3.63, 3.8) is 0 Å². The maximum Gasteiger partial charge on any atom is 0.216 e. The number of aromatic amines is 1. The molecule has 3 rings (SSSR count). The molecule has 3 aromatic rings. The topological polar surface area (TPSA) is 58.9 Å². The SMILES string of the molecule is CCc1n[nH]c(=S)n1/N=C\c1csc(-c2ccc(Cl)cc2)n1. The molecule has 2 aromatic heterocycles. The maximum atomic E-state index is 5.89. The lowest BCUT2D eigenvalue weighted by molar-refractivity contribution is 0.780. The van der Waals surface area contributed by atoms with Gasteiger partial charge in [0.1, 0.15) is 5.01 Å². The highest BCUT2D eigenvalue weighted by molar-refractivity contribution is 7.71. The molecule has 0 spiro atoms. The van der Waals surface area contributed by atoms with Gasteiger partial charge in [0, 0.05) is 22.4 Å². The van der Waals surface area contributed by atoms with Gasteiger partial charge in [-0.25, -0.2) is 4.98 Å². The van der Waals surface area contributed by atoms with Gasteiger partial charge < -0.3 is 0 Å². The Bertz CT molecular complexity index is 860. The van der Waals surface area contributed by atoms with Crippen LogP contribution in [0, 0.1) is 4.77 Å². The smallest absolute Gasteiger partial charge is 0.216 e. The van der Waals surface area contributed by atoms with Gasteiger partial charge in [-0.15, -0.1) is 11.3 Å². The molecule has 8 heteroatoms. The van der Waals surface area contributed by atoms with Crippen molar-refractivity contribution in [2.75, 3.05) is 0 Å². The fraction of sp³-hybridized carbons (Fsp3) is 0.143. The number of hydrogen-bond donors (Lipinski definition) is 1. The van der Waals surface area contributed by atoms with Crippen LogP contribution in [-0.2, 0) is 6.42 Å². The monoisotopic (exact) mass is 349 g/mol. The van der Waals surface area contributed by atoms with Crippen LogP contribution >= 0.6 is 35.2 Å². The Kier molecular flexibility index (Phi) is 4.47. The summed E-state index contributed by atoms with van der Waals surface area (Å²) in [6.45, 7) is 2.00. The van der Waals surface area contributed by atoms with E-state index in [1.165, 1.54) is 0 Å². The summed E-state index contributed by atoms with van der Waals surface area (Å²) in [5.74, 6) is 0.786. The molecule has 0 radical (unpaired) electrons. The third-order valence-corrected chi connectivity index (χ3v) is 4.38. The minimum atomic E-state index is 0.473. The Labute approximate surface area is 141 Å². The number of hydrogen-bond acceptors (Lipinski definition) is 5. The Hall–Kier alpha value is -1.83. The molecule has 0 unspecified atom stereocenters. The highest BCUT2D eigenvalue weighted by Crippen LogP contribution is 2.24. The Morgan fingerprint density at radius 3 is 2.91 bits per heavy atom.